The van der Waals surface area contributed by atoms with Gasteiger partial charge >= 0.3 is 0 Å². The van der Waals surface area contributed by atoms with Crippen molar-refractivity contribution >= 4 is 14.1 Å². The summed E-state index contributed by atoms with van der Waals surface area (Å²) in [5.74, 6) is 0.777. The molecule has 1 fully saturated rings. The highest BCUT2D eigenvalue weighted by Crippen LogP contribution is 2.37. The van der Waals surface area contributed by atoms with Crippen molar-refractivity contribution in [1.82, 2.24) is 4.90 Å². The Balaban J connectivity index is 1.45. The molecule has 0 saturated carbocycles. The molecule has 0 N–H and O–H groups in total. The molecule has 1 aliphatic heterocycles. The highest BCUT2D eigenvalue weighted by molar-refractivity contribution is 6.74. The van der Waals surface area contributed by atoms with Crippen LogP contribution in [0.25, 0.3) is 0 Å². The Morgan fingerprint density at radius 2 is 1.58 bits per heavy atom. The molecule has 0 amide bonds. The topological polar surface area (TPSA) is 29.5 Å². The molecule has 0 radical (unpaired) electrons. The van der Waals surface area contributed by atoms with Gasteiger partial charge in [-0.3, -0.25) is 9.69 Å². The summed E-state index contributed by atoms with van der Waals surface area (Å²) in [6.07, 6.45) is 2.88. The second-order valence-electron chi connectivity index (χ2n) is 10.6. The van der Waals surface area contributed by atoms with Gasteiger partial charge < -0.3 is 4.43 Å². The predicted octanol–water partition coefficient (Wildman–Crippen LogP) is 6.69. The molecule has 0 bridgehead atoms. The average molecular weight is 438 g/mol. The quantitative estimate of drug-likeness (QED) is 0.340. The molecule has 31 heavy (non-hydrogen) atoms. The van der Waals surface area contributed by atoms with Crippen molar-refractivity contribution in [1.29, 1.82) is 0 Å². The van der Waals surface area contributed by atoms with Crippen LogP contribution in [0, 0.1) is 5.92 Å². The van der Waals surface area contributed by atoms with E-state index in [2.05, 4.69) is 81.2 Å². The second kappa shape index (κ2) is 10.2. The highest BCUT2D eigenvalue weighted by atomic mass is 28.4. The summed E-state index contributed by atoms with van der Waals surface area (Å²) in [5.41, 5.74) is 3.35. The van der Waals surface area contributed by atoms with Gasteiger partial charge in [0.25, 0.3) is 0 Å². The number of likely N-dealkylation sites (tertiary alicyclic amines) is 1. The van der Waals surface area contributed by atoms with E-state index in [1.165, 1.54) is 5.56 Å². The van der Waals surface area contributed by atoms with Gasteiger partial charge in [0.05, 0.1) is 6.61 Å². The van der Waals surface area contributed by atoms with Crippen LogP contribution in [0.5, 0.6) is 0 Å². The van der Waals surface area contributed by atoms with E-state index in [1.54, 1.807) is 0 Å². The summed E-state index contributed by atoms with van der Waals surface area (Å²) in [6, 6.07) is 18.7. The number of rotatable bonds is 8. The van der Waals surface area contributed by atoms with Crippen LogP contribution in [0.1, 0.15) is 61.5 Å². The molecule has 168 valence electrons. The zero-order chi connectivity index (χ0) is 22.5. The molecule has 1 aliphatic rings. The van der Waals surface area contributed by atoms with Gasteiger partial charge in [-0.2, -0.15) is 0 Å². The maximum atomic E-state index is 12.8. The molecule has 0 unspecified atom stereocenters. The Morgan fingerprint density at radius 3 is 2.16 bits per heavy atom. The van der Waals surface area contributed by atoms with E-state index in [0.717, 1.165) is 43.6 Å². The fraction of sp³-hybridized carbons (Fsp3) is 0.519. The number of benzene rings is 2. The number of carbonyl (C=O) groups is 1. The second-order valence-corrected chi connectivity index (χ2v) is 15.4. The van der Waals surface area contributed by atoms with Crippen LogP contribution in [0.15, 0.2) is 54.6 Å². The molecule has 4 heteroatoms. The van der Waals surface area contributed by atoms with E-state index in [9.17, 15) is 4.79 Å². The number of hydrogen-bond acceptors (Lipinski definition) is 3. The Bertz CT molecular complexity index is 832. The summed E-state index contributed by atoms with van der Waals surface area (Å²) in [7, 11) is -1.75. The SMILES string of the molecule is CC(C)(C)[Si](C)(C)OCc1ccc(C(=O)CC2CCN(Cc3ccccc3)CC2)cc1. The van der Waals surface area contributed by atoms with E-state index >= 15 is 0 Å². The lowest BCUT2D eigenvalue weighted by Gasteiger charge is -2.36. The monoisotopic (exact) mass is 437 g/mol. The van der Waals surface area contributed by atoms with Crippen LogP contribution in [0.3, 0.4) is 0 Å². The molecule has 1 heterocycles. The molecule has 2 aromatic rings. The normalized spacial score (nSPS) is 16.4. The van der Waals surface area contributed by atoms with Crippen LogP contribution in [0.4, 0.5) is 0 Å². The van der Waals surface area contributed by atoms with Gasteiger partial charge in [0.15, 0.2) is 14.1 Å². The molecule has 2 aromatic carbocycles. The van der Waals surface area contributed by atoms with E-state index < -0.39 is 8.32 Å². The van der Waals surface area contributed by atoms with E-state index in [4.69, 9.17) is 4.43 Å². The molecule has 1 saturated heterocycles. The van der Waals surface area contributed by atoms with E-state index in [1.807, 2.05) is 12.1 Å². The van der Waals surface area contributed by atoms with Crippen molar-refractivity contribution in [2.75, 3.05) is 13.1 Å². The van der Waals surface area contributed by atoms with E-state index in [0.29, 0.717) is 18.9 Å². The van der Waals surface area contributed by atoms with Crippen molar-refractivity contribution < 1.29 is 9.22 Å². The molecule has 3 rings (SSSR count). The minimum absolute atomic E-state index is 0.208. The fourth-order valence-electron chi connectivity index (χ4n) is 3.84. The number of carbonyl (C=O) groups excluding carboxylic acids is 1. The molecule has 3 nitrogen and oxygen atoms in total. The number of nitrogens with zero attached hydrogens (tertiary/aromatic N) is 1. The van der Waals surface area contributed by atoms with Gasteiger partial charge in [0.2, 0.25) is 0 Å². The number of Topliss-reactive ketones (excluding diaryl/α,β-unsaturated/α-hetero) is 1. The van der Waals surface area contributed by atoms with Gasteiger partial charge in [0, 0.05) is 18.5 Å². The lowest BCUT2D eigenvalue weighted by Crippen LogP contribution is -2.40. The lowest BCUT2D eigenvalue weighted by atomic mass is 9.89. The van der Waals surface area contributed by atoms with Crippen LogP contribution in [-0.2, 0) is 17.6 Å². The van der Waals surface area contributed by atoms with E-state index in [-0.39, 0.29) is 10.8 Å². The standard InChI is InChI=1S/C27H39NO2Si/c1-27(2,3)31(4,5)30-21-24-11-13-25(14-12-24)26(29)19-22-15-17-28(18-16-22)20-23-9-7-6-8-10-23/h6-14,22H,15-21H2,1-5H3. The fourth-order valence-corrected chi connectivity index (χ4v) is 4.80. The molecule has 0 atom stereocenters. The number of ketones is 1. The van der Waals surface area contributed by atoms with Gasteiger partial charge in [-0.05, 0) is 61.1 Å². The molecule has 0 aliphatic carbocycles. The summed E-state index contributed by atoms with van der Waals surface area (Å²) in [5, 5.41) is 0.208. The number of hydrogen-bond donors (Lipinski definition) is 0. The highest BCUT2D eigenvalue weighted by Gasteiger charge is 2.37. The van der Waals surface area contributed by atoms with Crippen LogP contribution in [-0.4, -0.2) is 32.1 Å². The Morgan fingerprint density at radius 1 is 0.968 bits per heavy atom. The van der Waals surface area contributed by atoms with Crippen LogP contribution < -0.4 is 0 Å². The third-order valence-corrected chi connectivity index (χ3v) is 11.6. The minimum Gasteiger partial charge on any atom is -0.413 e. The van der Waals surface area contributed by atoms with Gasteiger partial charge in [-0.25, -0.2) is 0 Å². The molecule has 0 aromatic heterocycles. The predicted molar refractivity (Wildman–Crippen MR) is 132 cm³/mol. The smallest absolute Gasteiger partial charge is 0.192 e. The van der Waals surface area contributed by atoms with Crippen molar-refractivity contribution in [2.24, 2.45) is 5.92 Å². The maximum absolute atomic E-state index is 12.8. The minimum atomic E-state index is -1.75. The summed E-state index contributed by atoms with van der Waals surface area (Å²) in [4.78, 5) is 15.3. The Kier molecular flexibility index (Phi) is 7.90. The largest absolute Gasteiger partial charge is 0.413 e. The third kappa shape index (κ3) is 6.86. The van der Waals surface area contributed by atoms with Crippen molar-refractivity contribution in [2.45, 2.75) is 71.3 Å². The zero-order valence-corrected chi connectivity index (χ0v) is 21.0. The molecular formula is C27H39NO2Si. The Labute approximate surface area is 189 Å². The van der Waals surface area contributed by atoms with Gasteiger partial charge in [-0.15, -0.1) is 0 Å². The van der Waals surface area contributed by atoms with Crippen LogP contribution in [0.2, 0.25) is 18.1 Å². The van der Waals surface area contributed by atoms with Crippen molar-refractivity contribution in [3.05, 3.63) is 71.3 Å². The number of piperidine rings is 1. The maximum Gasteiger partial charge on any atom is 0.192 e. The van der Waals surface area contributed by atoms with Crippen molar-refractivity contribution in [3.8, 4) is 0 Å². The summed E-state index contributed by atoms with van der Waals surface area (Å²) >= 11 is 0. The molecule has 0 spiro atoms. The first-order chi connectivity index (χ1) is 14.6. The Hall–Kier alpha value is -1.75. The van der Waals surface area contributed by atoms with Crippen molar-refractivity contribution in [3.63, 3.8) is 0 Å². The van der Waals surface area contributed by atoms with Gasteiger partial charge in [-0.1, -0.05) is 75.4 Å². The zero-order valence-electron chi connectivity index (χ0n) is 20.0. The molecular weight excluding hydrogens is 398 g/mol. The summed E-state index contributed by atoms with van der Waals surface area (Å²) in [6.45, 7) is 15.1. The lowest BCUT2D eigenvalue weighted by molar-refractivity contribution is 0.0925. The summed E-state index contributed by atoms with van der Waals surface area (Å²) < 4.78 is 6.30. The first-order valence-corrected chi connectivity index (χ1v) is 14.6. The third-order valence-electron chi connectivity index (χ3n) is 7.11. The first kappa shape index (κ1) is 23.9. The first-order valence-electron chi connectivity index (χ1n) is 11.7. The van der Waals surface area contributed by atoms with Crippen LogP contribution >= 0.6 is 0 Å². The average Bonchev–Trinajstić information content (AvgIpc) is 2.74. The van der Waals surface area contributed by atoms with Gasteiger partial charge in [0.1, 0.15) is 0 Å².